The molecular weight excluding hydrogens is 368 g/mol. The van der Waals surface area contributed by atoms with Gasteiger partial charge in [-0.2, -0.15) is 0 Å². The van der Waals surface area contributed by atoms with Gasteiger partial charge in [-0.15, -0.1) is 0 Å². The van der Waals surface area contributed by atoms with Gasteiger partial charge in [0, 0.05) is 31.4 Å². The zero-order valence-electron chi connectivity index (χ0n) is 19.3. The predicted molar refractivity (Wildman–Crippen MR) is 122 cm³/mol. The van der Waals surface area contributed by atoms with Crippen molar-refractivity contribution in [2.45, 2.75) is 85.1 Å². The molecule has 6 atom stereocenters. The maximum absolute atomic E-state index is 12.6. The van der Waals surface area contributed by atoms with Crippen molar-refractivity contribution in [3.63, 3.8) is 0 Å². The topological polar surface area (TPSA) is 33.2 Å². The van der Waals surface area contributed by atoms with Crippen LogP contribution >= 0.6 is 0 Å². The second-order valence-corrected chi connectivity index (χ2v) is 10.9. The van der Waals surface area contributed by atoms with Crippen molar-refractivity contribution in [2.24, 2.45) is 28.6 Å². The lowest BCUT2D eigenvalue weighted by molar-refractivity contribution is -0.136. The van der Waals surface area contributed by atoms with Gasteiger partial charge in [-0.05, 0) is 96.3 Å². The number of likely N-dealkylation sites (tertiary alicyclic amines) is 1. The zero-order chi connectivity index (χ0) is 21.1. The summed E-state index contributed by atoms with van der Waals surface area (Å²) in [6.07, 6.45) is 15.9. The number of allylic oxidation sites excluding steroid dienone is 2. The molecule has 3 aliphatic carbocycles. The minimum Gasteiger partial charge on any atom is -0.339 e. The van der Waals surface area contributed by atoms with E-state index in [2.05, 4.69) is 49.0 Å². The molecule has 4 aliphatic rings. The van der Waals surface area contributed by atoms with Crippen LogP contribution in [0.15, 0.2) is 24.5 Å². The Morgan fingerprint density at radius 2 is 1.97 bits per heavy atom. The van der Waals surface area contributed by atoms with E-state index in [4.69, 9.17) is 0 Å². The van der Waals surface area contributed by atoms with Crippen LogP contribution in [0.1, 0.15) is 83.8 Å². The lowest BCUT2D eigenvalue weighted by Crippen LogP contribution is -2.54. The molecule has 1 aliphatic heterocycles. The molecule has 1 amide bonds. The van der Waals surface area contributed by atoms with Crippen molar-refractivity contribution in [3.8, 4) is 0 Å². The van der Waals surface area contributed by atoms with E-state index < -0.39 is 0 Å². The van der Waals surface area contributed by atoms with Gasteiger partial charge in [-0.3, -0.25) is 9.78 Å². The summed E-state index contributed by atoms with van der Waals surface area (Å²) in [7, 11) is 0. The summed E-state index contributed by atoms with van der Waals surface area (Å²) < 4.78 is 0. The first kappa shape index (κ1) is 20.3. The molecule has 1 aromatic rings. The highest BCUT2D eigenvalue weighted by Gasteiger charge is 2.60. The monoisotopic (exact) mass is 406 g/mol. The summed E-state index contributed by atoms with van der Waals surface area (Å²) in [5.74, 6) is 2.70. The number of amides is 1. The highest BCUT2D eigenvalue weighted by atomic mass is 16.2. The SMILES string of the molecule is CCC(=O)N1CC[C@]2(C)C3CC[C@]4(C)C(c5cncc(CC)c5)=CC[C@H]4[C@@H]3CCC12. The summed E-state index contributed by atoms with van der Waals surface area (Å²) in [6, 6.07) is 2.86. The molecule has 0 aromatic carbocycles. The summed E-state index contributed by atoms with van der Waals surface area (Å²) in [5.41, 5.74) is 4.87. The van der Waals surface area contributed by atoms with Crippen LogP contribution in [0.4, 0.5) is 0 Å². The minimum absolute atomic E-state index is 0.288. The third-order valence-electron chi connectivity index (χ3n) is 9.80. The summed E-state index contributed by atoms with van der Waals surface area (Å²) in [6.45, 7) is 10.3. The smallest absolute Gasteiger partial charge is 0.222 e. The third kappa shape index (κ3) is 2.76. The van der Waals surface area contributed by atoms with Crippen molar-refractivity contribution >= 4 is 11.5 Å². The highest BCUT2D eigenvalue weighted by Crippen LogP contribution is 2.66. The Balaban J connectivity index is 1.42. The average Bonchev–Trinajstić information content (AvgIpc) is 3.30. The largest absolute Gasteiger partial charge is 0.339 e. The quantitative estimate of drug-likeness (QED) is 0.627. The van der Waals surface area contributed by atoms with Crippen LogP contribution in [-0.4, -0.2) is 28.4 Å². The molecule has 0 bridgehead atoms. The Morgan fingerprint density at radius 3 is 2.73 bits per heavy atom. The van der Waals surface area contributed by atoms with E-state index in [1.54, 1.807) is 5.57 Å². The Kier molecular flexibility index (Phi) is 4.87. The van der Waals surface area contributed by atoms with Crippen LogP contribution in [0, 0.1) is 28.6 Å². The van der Waals surface area contributed by atoms with Crippen LogP contribution < -0.4 is 0 Å². The molecule has 3 heteroatoms. The second kappa shape index (κ2) is 7.21. The summed E-state index contributed by atoms with van der Waals surface area (Å²) in [4.78, 5) is 19.4. The van der Waals surface area contributed by atoms with Gasteiger partial charge in [0.05, 0.1) is 0 Å². The Morgan fingerprint density at radius 1 is 1.13 bits per heavy atom. The van der Waals surface area contributed by atoms with E-state index in [0.29, 0.717) is 23.8 Å². The fourth-order valence-corrected chi connectivity index (χ4v) is 8.16. The van der Waals surface area contributed by atoms with Gasteiger partial charge in [-0.25, -0.2) is 0 Å². The Bertz CT molecular complexity index is 875. The minimum atomic E-state index is 0.288. The van der Waals surface area contributed by atoms with Gasteiger partial charge in [0.2, 0.25) is 5.91 Å². The lowest BCUT2D eigenvalue weighted by Gasteiger charge is -2.57. The first-order valence-electron chi connectivity index (χ1n) is 12.4. The van der Waals surface area contributed by atoms with E-state index in [9.17, 15) is 4.79 Å². The Hall–Kier alpha value is -1.64. The molecule has 30 heavy (non-hydrogen) atoms. The molecule has 0 spiro atoms. The lowest BCUT2D eigenvalue weighted by atomic mass is 9.48. The zero-order valence-corrected chi connectivity index (χ0v) is 19.3. The number of aryl methyl sites for hydroxylation is 1. The van der Waals surface area contributed by atoms with E-state index in [1.807, 2.05) is 13.1 Å². The van der Waals surface area contributed by atoms with Crippen LogP contribution in [0.2, 0.25) is 0 Å². The second-order valence-electron chi connectivity index (χ2n) is 10.9. The number of rotatable bonds is 3. The molecule has 5 rings (SSSR count). The maximum atomic E-state index is 12.6. The highest BCUT2D eigenvalue weighted by molar-refractivity contribution is 5.77. The molecule has 2 heterocycles. The molecule has 1 aromatic heterocycles. The fourth-order valence-electron chi connectivity index (χ4n) is 8.16. The van der Waals surface area contributed by atoms with Gasteiger partial charge >= 0.3 is 0 Å². The van der Waals surface area contributed by atoms with E-state index in [0.717, 1.165) is 30.7 Å². The molecular formula is C27H38N2O. The number of carbonyl (C=O) groups is 1. The summed E-state index contributed by atoms with van der Waals surface area (Å²) in [5, 5.41) is 0. The molecule has 3 nitrogen and oxygen atoms in total. The molecule has 2 unspecified atom stereocenters. The van der Waals surface area contributed by atoms with Crippen molar-refractivity contribution in [3.05, 3.63) is 35.7 Å². The number of pyridine rings is 1. The van der Waals surface area contributed by atoms with Crippen molar-refractivity contribution in [2.75, 3.05) is 6.54 Å². The van der Waals surface area contributed by atoms with Gasteiger partial charge in [0.1, 0.15) is 0 Å². The maximum Gasteiger partial charge on any atom is 0.222 e. The van der Waals surface area contributed by atoms with Gasteiger partial charge in [0.15, 0.2) is 0 Å². The molecule has 0 N–H and O–H groups in total. The normalized spacial score (nSPS) is 39.9. The van der Waals surface area contributed by atoms with Crippen LogP contribution in [-0.2, 0) is 11.2 Å². The number of hydrogen-bond donors (Lipinski definition) is 0. The fraction of sp³-hybridized carbons (Fsp3) is 0.704. The number of fused-ring (bicyclic) bond motifs is 5. The summed E-state index contributed by atoms with van der Waals surface area (Å²) >= 11 is 0. The van der Waals surface area contributed by atoms with Crippen molar-refractivity contribution < 1.29 is 4.79 Å². The third-order valence-corrected chi connectivity index (χ3v) is 9.80. The molecule has 3 fully saturated rings. The first-order chi connectivity index (χ1) is 14.4. The molecule has 162 valence electrons. The van der Waals surface area contributed by atoms with Gasteiger partial charge in [0.25, 0.3) is 0 Å². The molecule has 0 radical (unpaired) electrons. The predicted octanol–water partition coefficient (Wildman–Crippen LogP) is 5.89. The number of aromatic nitrogens is 1. The number of carbonyl (C=O) groups excluding carboxylic acids is 1. The van der Waals surface area contributed by atoms with Crippen LogP contribution in [0.3, 0.4) is 0 Å². The van der Waals surface area contributed by atoms with Crippen LogP contribution in [0.5, 0.6) is 0 Å². The van der Waals surface area contributed by atoms with E-state index >= 15 is 0 Å². The first-order valence-corrected chi connectivity index (χ1v) is 12.4. The van der Waals surface area contributed by atoms with Crippen molar-refractivity contribution in [1.82, 2.24) is 9.88 Å². The Labute approximate surface area is 182 Å². The number of nitrogens with zero attached hydrogens (tertiary/aromatic N) is 2. The molecule has 2 saturated carbocycles. The van der Waals surface area contributed by atoms with E-state index in [1.165, 1.54) is 49.7 Å². The number of hydrogen-bond acceptors (Lipinski definition) is 2. The van der Waals surface area contributed by atoms with Gasteiger partial charge in [-0.1, -0.05) is 33.8 Å². The van der Waals surface area contributed by atoms with Gasteiger partial charge < -0.3 is 4.90 Å². The average molecular weight is 407 g/mol. The van der Waals surface area contributed by atoms with Crippen LogP contribution in [0.25, 0.3) is 5.57 Å². The van der Waals surface area contributed by atoms with E-state index in [-0.39, 0.29) is 5.41 Å². The van der Waals surface area contributed by atoms with Crippen molar-refractivity contribution in [1.29, 1.82) is 0 Å². The molecule has 1 saturated heterocycles. The standard InChI is InChI=1S/C27H38N2O/c1-5-18-15-19(17-28-16-18)21-8-9-22-20-7-10-24-27(4,13-14-29(24)25(30)6-2)23(20)11-12-26(21,22)3/h8,15-17,20,22-24H,5-7,9-14H2,1-4H3/t20-,22-,23?,24?,26+,27+/m0/s1.